The fourth-order valence-electron chi connectivity index (χ4n) is 5.44. The average Bonchev–Trinajstić information content (AvgIpc) is 3.42. The second-order valence-electron chi connectivity index (χ2n) is 10.8. The van der Waals surface area contributed by atoms with Crippen LogP contribution in [0.4, 0.5) is 0 Å². The van der Waals surface area contributed by atoms with Crippen molar-refractivity contribution in [2.24, 2.45) is 4.99 Å². The van der Waals surface area contributed by atoms with E-state index in [0.717, 1.165) is 11.1 Å². The lowest BCUT2D eigenvalue weighted by molar-refractivity contribution is -0.138. The summed E-state index contributed by atoms with van der Waals surface area (Å²) in [5.41, 5.74) is 3.33. The molecule has 4 aromatic carbocycles. The maximum atomic E-state index is 14.3. The quantitative estimate of drug-likeness (QED) is 0.136. The number of carbonyl (C=O) groups excluding carboxylic acids is 1. The molecule has 49 heavy (non-hydrogen) atoms. The van der Waals surface area contributed by atoms with Crippen molar-refractivity contribution in [1.29, 1.82) is 0 Å². The Morgan fingerprint density at radius 1 is 0.939 bits per heavy atom. The minimum Gasteiger partial charge on any atom is -0.493 e. The zero-order chi connectivity index (χ0) is 34.7. The summed E-state index contributed by atoms with van der Waals surface area (Å²) in [4.78, 5) is 33.4. The number of rotatable bonds is 10. The maximum Gasteiger partial charge on any atom is 0.338 e. The van der Waals surface area contributed by atoms with Gasteiger partial charge in [0.1, 0.15) is 12.4 Å². The summed E-state index contributed by atoms with van der Waals surface area (Å²) >= 11 is 17.0. The van der Waals surface area contributed by atoms with Gasteiger partial charge in [0.05, 0.1) is 57.2 Å². The molecule has 0 unspecified atom stereocenters. The largest absolute Gasteiger partial charge is 0.493 e. The molecular formula is C37H29BrCl2N2O6S. The molecule has 0 N–H and O–H groups in total. The highest BCUT2D eigenvalue weighted by Gasteiger charge is 2.35. The molecule has 1 aliphatic heterocycles. The number of methoxy groups -OCH3 is 2. The van der Waals surface area contributed by atoms with Gasteiger partial charge in [-0.2, -0.15) is 0 Å². The number of aromatic nitrogens is 1. The van der Waals surface area contributed by atoms with Crippen LogP contribution < -0.4 is 29.1 Å². The molecule has 1 atom stereocenters. The molecule has 0 spiro atoms. The molecule has 8 nitrogen and oxygen atoms in total. The highest BCUT2D eigenvalue weighted by molar-refractivity contribution is 9.10. The number of ether oxygens (including phenoxy) is 4. The standard InChI is InChI=1S/C37H29BrCl2N2O6S/c1-4-47-36(44)32-33(23-8-6-5-7-9-23)41-37-42(34(32)24-12-15-29(45-2)30(19-24)46-3)35(43)31(49-37)18-21-11-14-28(25(38)16-21)48-20-22-10-13-26(39)27(40)17-22/h5-19,34H,4,20H2,1-3H3/b31-18-/t34-/m1/s1. The Morgan fingerprint density at radius 2 is 1.69 bits per heavy atom. The minimum absolute atomic E-state index is 0.148. The van der Waals surface area contributed by atoms with Crippen LogP contribution in [0.25, 0.3) is 11.8 Å². The van der Waals surface area contributed by atoms with Crippen molar-refractivity contribution < 1.29 is 23.7 Å². The third-order valence-electron chi connectivity index (χ3n) is 7.73. The molecule has 0 amide bonds. The van der Waals surface area contributed by atoms with Crippen molar-refractivity contribution in [2.75, 3.05) is 20.8 Å². The first-order valence-electron chi connectivity index (χ1n) is 15.1. The van der Waals surface area contributed by atoms with Crippen LogP contribution in [0.3, 0.4) is 0 Å². The lowest BCUT2D eigenvalue weighted by atomic mass is 9.93. The van der Waals surface area contributed by atoms with Gasteiger partial charge in [0, 0.05) is 5.56 Å². The highest BCUT2D eigenvalue weighted by atomic mass is 79.9. The highest BCUT2D eigenvalue weighted by Crippen LogP contribution is 2.38. The van der Waals surface area contributed by atoms with Crippen LogP contribution in [0.5, 0.6) is 17.2 Å². The van der Waals surface area contributed by atoms with Gasteiger partial charge in [0.25, 0.3) is 5.56 Å². The first-order valence-corrected chi connectivity index (χ1v) is 17.5. The minimum atomic E-state index is -0.864. The molecular weight excluding hydrogens is 751 g/mol. The van der Waals surface area contributed by atoms with Crippen LogP contribution in [0.15, 0.2) is 105 Å². The predicted molar refractivity (Wildman–Crippen MR) is 196 cm³/mol. The number of benzene rings is 4. The second-order valence-corrected chi connectivity index (χ2v) is 13.5. The fourth-order valence-corrected chi connectivity index (χ4v) is 7.28. The number of esters is 1. The summed E-state index contributed by atoms with van der Waals surface area (Å²) in [6.07, 6.45) is 1.79. The molecule has 5 aromatic rings. The van der Waals surface area contributed by atoms with E-state index < -0.39 is 12.0 Å². The van der Waals surface area contributed by atoms with E-state index in [1.165, 1.54) is 18.4 Å². The van der Waals surface area contributed by atoms with Crippen LogP contribution in [0.2, 0.25) is 10.0 Å². The summed E-state index contributed by atoms with van der Waals surface area (Å²) in [6, 6.07) is 24.7. The van der Waals surface area contributed by atoms with Gasteiger partial charge in [-0.05, 0) is 82.0 Å². The number of halogens is 3. The fraction of sp³-hybridized carbons (Fsp3) is 0.162. The molecule has 12 heteroatoms. The van der Waals surface area contributed by atoms with Crippen LogP contribution in [-0.2, 0) is 16.1 Å². The molecule has 1 aliphatic rings. The Bertz CT molecular complexity index is 2270. The SMILES string of the molecule is CCOC(=O)C1=C(c2ccccc2)N=c2s/c(=C\c3ccc(OCc4ccc(Cl)c(Cl)c4)c(Br)c3)c(=O)n2[C@@H]1c1ccc(OC)c(OC)c1. The average molecular weight is 781 g/mol. The predicted octanol–water partition coefficient (Wildman–Crippen LogP) is 7.60. The topological polar surface area (TPSA) is 88.4 Å². The number of hydrogen-bond donors (Lipinski definition) is 0. The van der Waals surface area contributed by atoms with Gasteiger partial charge < -0.3 is 18.9 Å². The van der Waals surface area contributed by atoms with Gasteiger partial charge in [-0.3, -0.25) is 9.36 Å². The Kier molecular flexibility index (Phi) is 10.6. The monoisotopic (exact) mass is 778 g/mol. The Morgan fingerprint density at radius 3 is 2.39 bits per heavy atom. The molecule has 0 fully saturated rings. The van der Waals surface area contributed by atoms with E-state index in [-0.39, 0.29) is 24.3 Å². The third kappa shape index (κ3) is 7.19. The molecule has 1 aromatic heterocycles. The molecule has 6 rings (SSSR count). The summed E-state index contributed by atoms with van der Waals surface area (Å²) in [7, 11) is 3.08. The molecule has 0 saturated carbocycles. The van der Waals surface area contributed by atoms with Crippen LogP contribution in [-0.4, -0.2) is 31.4 Å². The van der Waals surface area contributed by atoms with E-state index >= 15 is 0 Å². The molecule has 2 heterocycles. The second kappa shape index (κ2) is 15.0. The molecule has 0 aliphatic carbocycles. The van der Waals surface area contributed by atoms with Crippen molar-refractivity contribution in [3.8, 4) is 17.2 Å². The van der Waals surface area contributed by atoms with Gasteiger partial charge in [0.15, 0.2) is 16.3 Å². The molecule has 0 radical (unpaired) electrons. The lowest BCUT2D eigenvalue weighted by Crippen LogP contribution is -2.40. The molecule has 0 saturated heterocycles. The molecule has 0 bridgehead atoms. The Labute approximate surface area is 304 Å². The zero-order valence-electron chi connectivity index (χ0n) is 26.5. The van der Waals surface area contributed by atoms with Crippen molar-refractivity contribution in [3.05, 3.63) is 147 Å². The zero-order valence-corrected chi connectivity index (χ0v) is 30.5. The van der Waals surface area contributed by atoms with E-state index in [9.17, 15) is 9.59 Å². The van der Waals surface area contributed by atoms with Crippen LogP contribution >= 0.6 is 50.5 Å². The van der Waals surface area contributed by atoms with Crippen molar-refractivity contribution in [3.63, 3.8) is 0 Å². The number of hydrogen-bond acceptors (Lipinski definition) is 8. The van der Waals surface area contributed by atoms with Gasteiger partial charge in [0.2, 0.25) is 0 Å². The van der Waals surface area contributed by atoms with Crippen molar-refractivity contribution in [1.82, 2.24) is 4.57 Å². The van der Waals surface area contributed by atoms with Crippen molar-refractivity contribution >= 4 is 68.2 Å². The summed E-state index contributed by atoms with van der Waals surface area (Å²) in [6.45, 7) is 2.18. The van der Waals surface area contributed by atoms with Gasteiger partial charge in [-0.15, -0.1) is 0 Å². The number of fused-ring (bicyclic) bond motifs is 1. The lowest BCUT2D eigenvalue weighted by Gasteiger charge is -2.26. The number of carbonyl (C=O) groups is 1. The summed E-state index contributed by atoms with van der Waals surface area (Å²) < 4.78 is 25.3. The number of thiazole rings is 1. The maximum absolute atomic E-state index is 14.3. The van der Waals surface area contributed by atoms with E-state index in [1.807, 2.05) is 60.7 Å². The van der Waals surface area contributed by atoms with Gasteiger partial charge >= 0.3 is 5.97 Å². The van der Waals surface area contributed by atoms with E-state index in [1.54, 1.807) is 48.9 Å². The van der Waals surface area contributed by atoms with Gasteiger partial charge in [-0.1, -0.05) is 83.1 Å². The normalized spacial score (nSPS) is 14.2. The van der Waals surface area contributed by atoms with Crippen LogP contribution in [0.1, 0.15) is 35.2 Å². The van der Waals surface area contributed by atoms with Crippen molar-refractivity contribution in [2.45, 2.75) is 19.6 Å². The third-order valence-corrected chi connectivity index (χ3v) is 10.1. The first kappa shape index (κ1) is 34.5. The smallest absolute Gasteiger partial charge is 0.338 e. The first-order chi connectivity index (χ1) is 23.7. The van der Waals surface area contributed by atoms with Crippen LogP contribution in [0, 0.1) is 0 Å². The summed E-state index contributed by atoms with van der Waals surface area (Å²) in [5, 5.41) is 0.932. The Hall–Kier alpha value is -4.35. The number of nitrogens with zero attached hydrogens (tertiary/aromatic N) is 2. The van der Waals surface area contributed by atoms with E-state index in [0.29, 0.717) is 57.9 Å². The summed E-state index contributed by atoms with van der Waals surface area (Å²) in [5.74, 6) is 1.01. The molecule has 250 valence electrons. The van der Waals surface area contributed by atoms with E-state index in [4.69, 9.17) is 47.1 Å². The van der Waals surface area contributed by atoms with E-state index in [2.05, 4.69) is 15.9 Å². The van der Waals surface area contributed by atoms with Gasteiger partial charge in [-0.25, -0.2) is 9.79 Å². The Balaban J connectivity index is 1.47.